The normalized spacial score (nSPS) is 19.2. The van der Waals surface area contributed by atoms with Gasteiger partial charge in [0.1, 0.15) is 5.75 Å². The second-order valence-electron chi connectivity index (χ2n) is 4.42. The van der Waals surface area contributed by atoms with E-state index < -0.39 is 0 Å². The van der Waals surface area contributed by atoms with Gasteiger partial charge in [-0.05, 0) is 40.0 Å². The zero-order valence-electron chi connectivity index (χ0n) is 10.1. The van der Waals surface area contributed by atoms with Gasteiger partial charge < -0.3 is 10.4 Å². The maximum atomic E-state index is 9.54. The molecular weight excluding hydrogens is 280 g/mol. The van der Waals surface area contributed by atoms with Crippen LogP contribution in [-0.4, -0.2) is 36.2 Å². The van der Waals surface area contributed by atoms with Crippen LogP contribution in [0.3, 0.4) is 0 Å². The number of nitrogens with one attached hydrogen (secondary N) is 1. The minimum atomic E-state index is 0.309. The molecule has 1 aliphatic heterocycles. The van der Waals surface area contributed by atoms with Gasteiger partial charge in [-0.15, -0.1) is 0 Å². The third kappa shape index (κ3) is 3.00. The van der Waals surface area contributed by atoms with E-state index in [1.165, 1.54) is 5.56 Å². The number of nitrogens with zero attached hydrogens (tertiary/aromatic N) is 1. The summed E-state index contributed by atoms with van der Waals surface area (Å²) >= 11 is 3.39. The van der Waals surface area contributed by atoms with Crippen molar-refractivity contribution in [2.75, 3.05) is 26.2 Å². The van der Waals surface area contributed by atoms with E-state index >= 15 is 0 Å². The van der Waals surface area contributed by atoms with E-state index in [4.69, 9.17) is 0 Å². The summed E-state index contributed by atoms with van der Waals surface area (Å²) in [5.41, 5.74) is 1.28. The first-order chi connectivity index (χ1) is 8.22. The van der Waals surface area contributed by atoms with E-state index in [1.807, 2.05) is 12.1 Å². The Labute approximate surface area is 111 Å². The number of rotatable bonds is 3. The van der Waals surface area contributed by atoms with Gasteiger partial charge in [-0.2, -0.15) is 0 Å². The van der Waals surface area contributed by atoms with E-state index in [9.17, 15) is 5.11 Å². The summed E-state index contributed by atoms with van der Waals surface area (Å²) in [5.74, 6) is 0.309. The lowest BCUT2D eigenvalue weighted by atomic mass is 10.0. The first-order valence-electron chi connectivity index (χ1n) is 6.15. The van der Waals surface area contributed by atoms with E-state index in [1.54, 1.807) is 6.07 Å². The molecule has 1 aliphatic rings. The van der Waals surface area contributed by atoms with Crippen LogP contribution >= 0.6 is 15.9 Å². The fraction of sp³-hybridized carbons (Fsp3) is 0.538. The Morgan fingerprint density at radius 2 is 2.12 bits per heavy atom. The van der Waals surface area contributed by atoms with Crippen molar-refractivity contribution in [1.29, 1.82) is 0 Å². The molecule has 17 heavy (non-hydrogen) atoms. The summed E-state index contributed by atoms with van der Waals surface area (Å²) in [4.78, 5) is 2.51. The molecule has 1 fully saturated rings. The molecular formula is C13H19BrN2O. The Hall–Kier alpha value is -0.580. The summed E-state index contributed by atoms with van der Waals surface area (Å²) < 4.78 is 0.781. The first kappa shape index (κ1) is 12.9. The topological polar surface area (TPSA) is 35.5 Å². The van der Waals surface area contributed by atoms with Crippen molar-refractivity contribution in [3.05, 3.63) is 28.2 Å². The quantitative estimate of drug-likeness (QED) is 0.900. The van der Waals surface area contributed by atoms with Crippen LogP contribution in [0.5, 0.6) is 5.75 Å². The molecule has 0 bridgehead atoms. The Bertz CT molecular complexity index is 378. The molecule has 0 aromatic heterocycles. The third-order valence-electron chi connectivity index (χ3n) is 3.34. The third-order valence-corrected chi connectivity index (χ3v) is 3.97. The van der Waals surface area contributed by atoms with Gasteiger partial charge in [-0.1, -0.05) is 13.0 Å². The zero-order chi connectivity index (χ0) is 12.3. The van der Waals surface area contributed by atoms with Gasteiger partial charge in [0.25, 0.3) is 0 Å². The molecule has 0 spiro atoms. The summed E-state index contributed by atoms with van der Waals surface area (Å²) in [6.07, 6.45) is 1.09. The summed E-state index contributed by atoms with van der Waals surface area (Å²) in [6, 6.07) is 6.28. The van der Waals surface area contributed by atoms with Gasteiger partial charge >= 0.3 is 0 Å². The molecule has 0 radical (unpaired) electrons. The zero-order valence-corrected chi connectivity index (χ0v) is 11.7. The predicted molar refractivity (Wildman–Crippen MR) is 73.3 cm³/mol. The highest BCUT2D eigenvalue weighted by atomic mass is 79.9. The van der Waals surface area contributed by atoms with E-state index in [2.05, 4.69) is 33.1 Å². The fourth-order valence-corrected chi connectivity index (χ4v) is 2.83. The Morgan fingerprint density at radius 3 is 2.71 bits per heavy atom. The number of hydrogen-bond donors (Lipinski definition) is 2. The van der Waals surface area contributed by atoms with E-state index in [-0.39, 0.29) is 0 Å². The minimum Gasteiger partial charge on any atom is -0.507 e. The minimum absolute atomic E-state index is 0.309. The smallest absolute Gasteiger partial charge is 0.129 e. The molecule has 1 heterocycles. The number of phenols is 1. The largest absolute Gasteiger partial charge is 0.507 e. The molecule has 1 aromatic rings. The average molecular weight is 299 g/mol. The second kappa shape index (κ2) is 5.85. The van der Waals surface area contributed by atoms with Gasteiger partial charge in [0.15, 0.2) is 0 Å². The number of benzene rings is 1. The van der Waals surface area contributed by atoms with Gasteiger partial charge in [0.2, 0.25) is 0 Å². The van der Waals surface area contributed by atoms with Gasteiger partial charge in [0.05, 0.1) is 4.47 Å². The molecule has 4 heteroatoms. The molecule has 0 unspecified atom stereocenters. The molecule has 2 rings (SSSR count). The van der Waals surface area contributed by atoms with Crippen LogP contribution < -0.4 is 5.32 Å². The van der Waals surface area contributed by atoms with Crippen LogP contribution in [0.1, 0.15) is 24.9 Å². The number of hydrogen-bond acceptors (Lipinski definition) is 3. The number of piperazine rings is 1. The molecule has 1 aromatic carbocycles. The number of halogens is 1. The number of aromatic hydroxyl groups is 1. The van der Waals surface area contributed by atoms with Crippen LogP contribution in [0, 0.1) is 0 Å². The van der Waals surface area contributed by atoms with Gasteiger partial charge in [-0.25, -0.2) is 0 Å². The molecule has 1 saturated heterocycles. The van der Waals surface area contributed by atoms with Crippen molar-refractivity contribution in [2.45, 2.75) is 19.4 Å². The lowest BCUT2D eigenvalue weighted by Crippen LogP contribution is -2.45. The first-order valence-corrected chi connectivity index (χ1v) is 6.95. The van der Waals surface area contributed by atoms with Crippen LogP contribution in [-0.2, 0) is 0 Å². The van der Waals surface area contributed by atoms with Gasteiger partial charge in [0, 0.05) is 32.2 Å². The number of phenolic OH excluding ortho intramolecular Hbond substituents is 1. The van der Waals surface area contributed by atoms with Crippen LogP contribution in [0.25, 0.3) is 0 Å². The molecule has 94 valence electrons. The molecule has 1 atom stereocenters. The van der Waals surface area contributed by atoms with Crippen LogP contribution in [0.15, 0.2) is 22.7 Å². The van der Waals surface area contributed by atoms with Crippen LogP contribution in [0.2, 0.25) is 0 Å². The van der Waals surface area contributed by atoms with Crippen LogP contribution in [0.4, 0.5) is 0 Å². The van der Waals surface area contributed by atoms with Crippen molar-refractivity contribution in [3.63, 3.8) is 0 Å². The lowest BCUT2D eigenvalue weighted by Gasteiger charge is -2.34. The Kier molecular flexibility index (Phi) is 4.42. The van der Waals surface area contributed by atoms with Crippen molar-refractivity contribution < 1.29 is 5.11 Å². The standard InChI is InChI=1S/C13H19BrN2O/c1-2-12(16-7-5-15-6-8-16)10-3-4-13(17)11(14)9-10/h3-4,9,12,15,17H,2,5-8H2,1H3/t12-/m0/s1. The van der Waals surface area contributed by atoms with Crippen molar-refractivity contribution in [2.24, 2.45) is 0 Å². The van der Waals surface area contributed by atoms with Gasteiger partial charge in [-0.3, -0.25) is 4.90 Å². The van der Waals surface area contributed by atoms with Crippen molar-refractivity contribution in [3.8, 4) is 5.75 Å². The molecule has 0 saturated carbocycles. The molecule has 2 N–H and O–H groups in total. The summed E-state index contributed by atoms with van der Waals surface area (Å²) in [5, 5.41) is 12.9. The second-order valence-corrected chi connectivity index (χ2v) is 5.28. The highest BCUT2D eigenvalue weighted by Gasteiger charge is 2.20. The van der Waals surface area contributed by atoms with E-state index in [0.29, 0.717) is 11.8 Å². The SMILES string of the molecule is CC[C@@H](c1ccc(O)c(Br)c1)N1CCNCC1. The molecule has 0 amide bonds. The maximum absolute atomic E-state index is 9.54. The highest BCUT2D eigenvalue weighted by molar-refractivity contribution is 9.10. The maximum Gasteiger partial charge on any atom is 0.129 e. The summed E-state index contributed by atoms with van der Waals surface area (Å²) in [6.45, 7) is 6.53. The van der Waals surface area contributed by atoms with E-state index in [0.717, 1.165) is 37.1 Å². The Morgan fingerprint density at radius 1 is 1.41 bits per heavy atom. The molecule has 0 aliphatic carbocycles. The fourth-order valence-electron chi connectivity index (χ4n) is 2.43. The predicted octanol–water partition coefficient (Wildman–Crippen LogP) is 2.51. The average Bonchev–Trinajstić information content (AvgIpc) is 2.36. The van der Waals surface area contributed by atoms with Crippen molar-refractivity contribution in [1.82, 2.24) is 10.2 Å². The molecule has 3 nitrogen and oxygen atoms in total. The monoisotopic (exact) mass is 298 g/mol. The highest BCUT2D eigenvalue weighted by Crippen LogP contribution is 2.31. The van der Waals surface area contributed by atoms with Crippen molar-refractivity contribution >= 4 is 15.9 Å². The Balaban J connectivity index is 2.18. The lowest BCUT2D eigenvalue weighted by molar-refractivity contribution is 0.169. The summed E-state index contributed by atoms with van der Waals surface area (Å²) in [7, 11) is 0.